The van der Waals surface area contributed by atoms with Crippen LogP contribution in [-0.4, -0.2) is 62.5 Å². The fourth-order valence-electron chi connectivity index (χ4n) is 4.11. The van der Waals surface area contributed by atoms with Crippen molar-refractivity contribution in [3.63, 3.8) is 0 Å². The molecule has 2 saturated heterocycles. The molecule has 0 radical (unpaired) electrons. The Balaban J connectivity index is 1.57. The van der Waals surface area contributed by atoms with Gasteiger partial charge in [-0.15, -0.1) is 0 Å². The maximum atomic E-state index is 14.4. The van der Waals surface area contributed by atoms with Gasteiger partial charge in [0.25, 0.3) is 10.2 Å². The van der Waals surface area contributed by atoms with E-state index < -0.39 is 16.3 Å². The summed E-state index contributed by atoms with van der Waals surface area (Å²) in [5, 5.41) is 0. The normalized spacial score (nSPS) is 22.8. The van der Waals surface area contributed by atoms with E-state index in [9.17, 15) is 12.8 Å². The maximum Gasteiger partial charge on any atom is 0.282 e. The number of morpholine rings is 1. The van der Waals surface area contributed by atoms with Crippen molar-refractivity contribution in [2.75, 3.05) is 39.5 Å². The number of hydrogen-bond donors (Lipinski definition) is 0. The predicted molar refractivity (Wildman–Crippen MR) is 114 cm³/mol. The van der Waals surface area contributed by atoms with Crippen molar-refractivity contribution in [2.45, 2.75) is 18.4 Å². The van der Waals surface area contributed by atoms with Gasteiger partial charge in [-0.3, -0.25) is 0 Å². The van der Waals surface area contributed by atoms with E-state index >= 15 is 0 Å². The minimum atomic E-state index is -3.75. The van der Waals surface area contributed by atoms with E-state index in [0.717, 1.165) is 0 Å². The lowest BCUT2D eigenvalue weighted by Gasteiger charge is -2.32. The summed E-state index contributed by atoms with van der Waals surface area (Å²) >= 11 is 0. The van der Waals surface area contributed by atoms with E-state index in [4.69, 9.17) is 16.0 Å². The van der Waals surface area contributed by atoms with Gasteiger partial charge in [0, 0.05) is 25.6 Å². The Hall–Kier alpha value is -2.51. The van der Waals surface area contributed by atoms with Crippen molar-refractivity contribution in [3.8, 4) is 5.75 Å². The van der Waals surface area contributed by atoms with Crippen LogP contribution in [0.25, 0.3) is 4.85 Å². The molecule has 2 aromatic rings. The van der Waals surface area contributed by atoms with Crippen molar-refractivity contribution in [3.05, 3.63) is 71.3 Å². The van der Waals surface area contributed by atoms with Crippen molar-refractivity contribution < 1.29 is 22.3 Å². The van der Waals surface area contributed by atoms with Crippen LogP contribution in [-0.2, 0) is 14.9 Å². The molecule has 31 heavy (non-hydrogen) atoms. The summed E-state index contributed by atoms with van der Waals surface area (Å²) in [6.45, 7) is 8.75. The Kier molecular flexibility index (Phi) is 6.53. The molecule has 9 heteroatoms. The lowest BCUT2D eigenvalue weighted by Crippen LogP contribution is -2.51. The van der Waals surface area contributed by atoms with Crippen LogP contribution < -0.4 is 4.74 Å². The zero-order valence-corrected chi connectivity index (χ0v) is 17.8. The third-order valence-electron chi connectivity index (χ3n) is 5.69. The van der Waals surface area contributed by atoms with Gasteiger partial charge in [0.1, 0.15) is 18.2 Å². The zero-order chi connectivity index (χ0) is 21.8. The van der Waals surface area contributed by atoms with Gasteiger partial charge >= 0.3 is 0 Å². The predicted octanol–water partition coefficient (Wildman–Crippen LogP) is 3.19. The van der Waals surface area contributed by atoms with E-state index in [1.54, 1.807) is 42.5 Å². The molecule has 0 aliphatic carbocycles. The first-order valence-electron chi connectivity index (χ1n) is 10.2. The number of nitrogens with zero attached hydrogens (tertiary/aromatic N) is 3. The van der Waals surface area contributed by atoms with E-state index in [2.05, 4.69) is 4.85 Å². The largest absolute Gasteiger partial charge is 0.493 e. The summed E-state index contributed by atoms with van der Waals surface area (Å²) < 4.78 is 55.2. The Morgan fingerprint density at radius 1 is 1.16 bits per heavy atom. The Morgan fingerprint density at radius 2 is 1.94 bits per heavy atom. The number of benzene rings is 2. The van der Waals surface area contributed by atoms with E-state index in [1.807, 2.05) is 0 Å². The topological polar surface area (TPSA) is 63.4 Å². The fraction of sp³-hybridized carbons (Fsp3) is 0.409. The number of rotatable bonds is 6. The molecule has 2 fully saturated rings. The van der Waals surface area contributed by atoms with Crippen LogP contribution in [0.4, 0.5) is 10.1 Å². The SMILES string of the molecule is [C-]#[N+]c1cccc(OC[C@@H]2C[C@H](c3ccccc3F)CN2S(=O)(=O)N2CCOCC2)c1. The van der Waals surface area contributed by atoms with Crippen LogP contribution in [0.1, 0.15) is 17.9 Å². The number of halogens is 1. The molecule has 0 aromatic heterocycles. The maximum absolute atomic E-state index is 14.4. The highest BCUT2D eigenvalue weighted by atomic mass is 32.2. The first-order valence-corrected chi connectivity index (χ1v) is 11.6. The molecule has 2 heterocycles. The third kappa shape index (κ3) is 4.72. The molecule has 7 nitrogen and oxygen atoms in total. The quantitative estimate of drug-likeness (QED) is 0.641. The van der Waals surface area contributed by atoms with Crippen LogP contribution in [0.3, 0.4) is 0 Å². The summed E-state index contributed by atoms with van der Waals surface area (Å²) in [6, 6.07) is 12.8. The highest BCUT2D eigenvalue weighted by molar-refractivity contribution is 7.86. The van der Waals surface area contributed by atoms with Crippen molar-refractivity contribution >= 4 is 15.9 Å². The second-order valence-corrected chi connectivity index (χ2v) is 9.50. The monoisotopic (exact) mass is 445 g/mol. The molecular formula is C22H24FN3O4S. The molecule has 2 atom stereocenters. The lowest BCUT2D eigenvalue weighted by atomic mass is 9.96. The zero-order valence-electron chi connectivity index (χ0n) is 17.0. The summed E-state index contributed by atoms with van der Waals surface area (Å²) in [5.74, 6) is -0.0886. The second-order valence-electron chi connectivity index (χ2n) is 7.62. The average molecular weight is 446 g/mol. The molecule has 2 aromatic carbocycles. The van der Waals surface area contributed by atoms with Gasteiger partial charge < -0.3 is 9.47 Å². The summed E-state index contributed by atoms with van der Waals surface area (Å²) in [5.41, 5.74) is 0.966. The Bertz CT molecular complexity index is 1070. The smallest absolute Gasteiger partial charge is 0.282 e. The highest BCUT2D eigenvalue weighted by Gasteiger charge is 2.43. The molecule has 0 unspecified atom stereocenters. The molecule has 4 rings (SSSR count). The molecule has 0 amide bonds. The van der Waals surface area contributed by atoms with Crippen LogP contribution >= 0.6 is 0 Å². The van der Waals surface area contributed by atoms with Crippen LogP contribution in [0, 0.1) is 12.4 Å². The molecule has 0 saturated carbocycles. The van der Waals surface area contributed by atoms with E-state index in [1.165, 1.54) is 14.7 Å². The van der Waals surface area contributed by atoms with Gasteiger partial charge in [0.05, 0.1) is 25.8 Å². The molecule has 0 bridgehead atoms. The van der Waals surface area contributed by atoms with E-state index in [-0.39, 0.29) is 24.9 Å². The lowest BCUT2D eigenvalue weighted by molar-refractivity contribution is 0.0693. The summed E-state index contributed by atoms with van der Waals surface area (Å²) in [4.78, 5) is 3.39. The average Bonchev–Trinajstić information content (AvgIpc) is 3.23. The molecule has 0 spiro atoms. The van der Waals surface area contributed by atoms with Crippen LogP contribution in [0.5, 0.6) is 5.75 Å². The standard InChI is InChI=1S/C22H24FN3O4S/c1-24-18-5-4-6-20(14-18)30-16-19-13-17(21-7-2-3-8-22(21)23)15-26(19)31(27,28)25-9-11-29-12-10-25/h2-8,14,17,19H,9-13,15-16H2/t17-,19-/m0/s1. The van der Waals surface area contributed by atoms with Gasteiger partial charge in [0.15, 0.2) is 5.69 Å². The number of ether oxygens (including phenoxy) is 2. The van der Waals surface area contributed by atoms with E-state index in [0.29, 0.717) is 49.7 Å². The van der Waals surface area contributed by atoms with Crippen molar-refractivity contribution in [2.24, 2.45) is 0 Å². The summed E-state index contributed by atoms with van der Waals surface area (Å²) in [7, 11) is -3.75. The van der Waals surface area contributed by atoms with Gasteiger partial charge in [-0.05, 0) is 30.2 Å². The minimum absolute atomic E-state index is 0.121. The van der Waals surface area contributed by atoms with Gasteiger partial charge in [-0.25, -0.2) is 9.24 Å². The minimum Gasteiger partial charge on any atom is -0.493 e. The molecule has 0 N–H and O–H groups in total. The first-order chi connectivity index (χ1) is 15.0. The van der Waals surface area contributed by atoms with Crippen LogP contribution in [0.15, 0.2) is 48.5 Å². The highest BCUT2D eigenvalue weighted by Crippen LogP contribution is 2.36. The third-order valence-corrected chi connectivity index (χ3v) is 7.75. The first kappa shape index (κ1) is 21.7. The van der Waals surface area contributed by atoms with Gasteiger partial charge in [0.2, 0.25) is 0 Å². The number of hydrogen-bond acceptors (Lipinski definition) is 4. The summed E-state index contributed by atoms with van der Waals surface area (Å²) in [6.07, 6.45) is 0.451. The second kappa shape index (κ2) is 9.32. The fourth-order valence-corrected chi connectivity index (χ4v) is 5.91. The molecular weight excluding hydrogens is 421 g/mol. The Morgan fingerprint density at radius 3 is 2.68 bits per heavy atom. The van der Waals surface area contributed by atoms with Crippen LogP contribution in [0.2, 0.25) is 0 Å². The van der Waals surface area contributed by atoms with Crippen molar-refractivity contribution in [1.82, 2.24) is 8.61 Å². The van der Waals surface area contributed by atoms with Gasteiger partial charge in [-0.2, -0.15) is 17.0 Å². The molecule has 164 valence electrons. The Labute approximate surface area is 182 Å². The molecule has 2 aliphatic heterocycles. The van der Waals surface area contributed by atoms with Gasteiger partial charge in [-0.1, -0.05) is 30.3 Å². The molecule has 2 aliphatic rings. The van der Waals surface area contributed by atoms with Crippen molar-refractivity contribution in [1.29, 1.82) is 0 Å².